The molecule has 2 fully saturated rings. The molecule has 4 aliphatic carbocycles. The molecular formula is C32H52Si. The highest BCUT2D eigenvalue weighted by Gasteiger charge is 2.47. The van der Waals surface area contributed by atoms with Crippen molar-refractivity contribution in [2.24, 2.45) is 11.8 Å². The van der Waals surface area contributed by atoms with Crippen molar-refractivity contribution in [1.29, 1.82) is 0 Å². The average Bonchev–Trinajstić information content (AvgIpc) is 3.39. The molecule has 0 radical (unpaired) electrons. The molecule has 4 aliphatic rings. The van der Waals surface area contributed by atoms with Gasteiger partial charge in [0.15, 0.2) is 0 Å². The van der Waals surface area contributed by atoms with Crippen LogP contribution in [0.15, 0.2) is 47.6 Å². The monoisotopic (exact) mass is 464 g/mol. The summed E-state index contributed by atoms with van der Waals surface area (Å²) in [5, 5.41) is 0. The number of fused-ring (bicyclic) bond motifs is 2. The highest BCUT2D eigenvalue weighted by molar-refractivity contribution is 6.80. The molecule has 0 N–H and O–H groups in total. The van der Waals surface area contributed by atoms with Gasteiger partial charge in [-0.1, -0.05) is 112 Å². The highest BCUT2D eigenvalue weighted by Crippen LogP contribution is 2.56. The lowest BCUT2D eigenvalue weighted by atomic mass is 9.94. The Bertz CT molecular complexity index is 661. The average molecular weight is 465 g/mol. The molecule has 4 atom stereocenters. The van der Waals surface area contributed by atoms with Crippen molar-refractivity contribution in [1.82, 2.24) is 0 Å². The smallest absolute Gasteiger partial charge is 0.0542 e. The Kier molecular flexibility index (Phi) is 9.77. The van der Waals surface area contributed by atoms with Gasteiger partial charge in [0.05, 0.1) is 8.07 Å². The Morgan fingerprint density at radius 2 is 1.00 bits per heavy atom. The first-order valence-electron chi connectivity index (χ1n) is 14.9. The van der Waals surface area contributed by atoms with Gasteiger partial charge >= 0.3 is 0 Å². The molecule has 0 bridgehead atoms. The molecule has 1 heteroatoms. The fraction of sp³-hybridized carbons (Fsp3) is 0.750. The highest BCUT2D eigenvalue weighted by atomic mass is 28.3. The second-order valence-electron chi connectivity index (χ2n) is 12.5. The minimum atomic E-state index is -1.30. The zero-order valence-corrected chi connectivity index (χ0v) is 23.0. The lowest BCUT2D eigenvalue weighted by Gasteiger charge is -2.36. The SMILES string of the molecule is C[Si](C)(C1CC2=CC=CCCCCCCCC2C1)C1CC2=CC=CCCCCCCCC2C1. The van der Waals surface area contributed by atoms with Gasteiger partial charge in [-0.3, -0.25) is 0 Å². The maximum atomic E-state index is 2.79. The van der Waals surface area contributed by atoms with Gasteiger partial charge in [0, 0.05) is 0 Å². The lowest BCUT2D eigenvalue weighted by molar-refractivity contribution is 0.500. The minimum absolute atomic E-state index is 0.891. The quantitative estimate of drug-likeness (QED) is 0.356. The Morgan fingerprint density at radius 3 is 1.48 bits per heavy atom. The van der Waals surface area contributed by atoms with Crippen LogP contribution in [0.1, 0.15) is 116 Å². The molecular weight excluding hydrogens is 412 g/mol. The van der Waals surface area contributed by atoms with Crippen LogP contribution in [0, 0.1) is 11.8 Å². The first kappa shape index (κ1) is 25.3. The molecule has 0 aliphatic heterocycles. The van der Waals surface area contributed by atoms with E-state index in [0.29, 0.717) is 0 Å². The molecule has 4 rings (SSSR count). The van der Waals surface area contributed by atoms with Crippen LogP contribution in [0.4, 0.5) is 0 Å². The first-order valence-corrected chi connectivity index (χ1v) is 18.0. The summed E-state index contributed by atoms with van der Waals surface area (Å²) in [5.41, 5.74) is 5.66. The minimum Gasteiger partial charge on any atom is -0.0845 e. The number of rotatable bonds is 2. The van der Waals surface area contributed by atoms with Crippen molar-refractivity contribution in [2.45, 2.75) is 140 Å². The van der Waals surface area contributed by atoms with E-state index in [1.807, 2.05) is 11.1 Å². The van der Waals surface area contributed by atoms with Crippen molar-refractivity contribution in [3.05, 3.63) is 47.6 Å². The summed E-state index contributed by atoms with van der Waals surface area (Å²) in [6.45, 7) is 5.58. The maximum Gasteiger partial charge on any atom is 0.0542 e. The molecule has 2 saturated carbocycles. The standard InChI is InChI=1S/C32H52Si/c1-33(2,31-23-27-19-15-11-7-3-4-8-12-16-20-28(27)24-31)32-25-29-21-17-13-9-5-6-10-14-18-22-30(29)26-32/h11,13,15,17,19,21,28,30-32H,3-10,12,14,16,18,20,22-26H2,1-2H3. The van der Waals surface area contributed by atoms with Crippen LogP contribution in [0.25, 0.3) is 0 Å². The van der Waals surface area contributed by atoms with Crippen LogP contribution in [0.3, 0.4) is 0 Å². The second kappa shape index (κ2) is 12.8. The summed E-state index contributed by atoms with van der Waals surface area (Å²) in [6.07, 6.45) is 40.6. The van der Waals surface area contributed by atoms with Gasteiger partial charge < -0.3 is 0 Å². The third kappa shape index (κ3) is 7.09. The largest absolute Gasteiger partial charge is 0.0845 e. The van der Waals surface area contributed by atoms with Gasteiger partial charge in [-0.2, -0.15) is 0 Å². The van der Waals surface area contributed by atoms with E-state index in [2.05, 4.69) is 49.6 Å². The molecule has 0 aromatic carbocycles. The van der Waals surface area contributed by atoms with Crippen LogP contribution in [0.5, 0.6) is 0 Å². The normalized spacial score (nSPS) is 32.9. The van der Waals surface area contributed by atoms with Crippen molar-refractivity contribution in [3.8, 4) is 0 Å². The Labute approximate surface area is 207 Å². The van der Waals surface area contributed by atoms with E-state index in [-0.39, 0.29) is 0 Å². The van der Waals surface area contributed by atoms with Gasteiger partial charge in [-0.15, -0.1) is 0 Å². The molecule has 0 saturated heterocycles. The fourth-order valence-electron chi connectivity index (χ4n) is 7.48. The van der Waals surface area contributed by atoms with E-state index in [1.165, 1.54) is 116 Å². The van der Waals surface area contributed by atoms with E-state index < -0.39 is 8.07 Å². The van der Waals surface area contributed by atoms with Crippen LogP contribution in [0.2, 0.25) is 24.2 Å². The summed E-state index contributed by atoms with van der Waals surface area (Å²) in [6, 6.07) is 0. The van der Waals surface area contributed by atoms with E-state index in [9.17, 15) is 0 Å². The van der Waals surface area contributed by atoms with Crippen molar-refractivity contribution >= 4 is 8.07 Å². The van der Waals surface area contributed by atoms with E-state index in [4.69, 9.17) is 0 Å². The molecule has 0 aromatic heterocycles. The van der Waals surface area contributed by atoms with Gasteiger partial charge in [0.1, 0.15) is 0 Å². The zero-order valence-electron chi connectivity index (χ0n) is 22.0. The maximum absolute atomic E-state index is 2.79. The van der Waals surface area contributed by atoms with Crippen molar-refractivity contribution in [3.63, 3.8) is 0 Å². The van der Waals surface area contributed by atoms with Gasteiger partial charge in [0.25, 0.3) is 0 Å². The van der Waals surface area contributed by atoms with E-state index in [1.54, 1.807) is 0 Å². The lowest BCUT2D eigenvalue weighted by Crippen LogP contribution is -2.36. The summed E-state index contributed by atoms with van der Waals surface area (Å²) in [4.78, 5) is 0. The molecule has 0 nitrogen and oxygen atoms in total. The topological polar surface area (TPSA) is 0 Å². The summed E-state index contributed by atoms with van der Waals surface area (Å²) in [5.74, 6) is 1.78. The molecule has 0 amide bonds. The summed E-state index contributed by atoms with van der Waals surface area (Å²) in [7, 11) is -1.30. The molecule has 0 heterocycles. The number of allylic oxidation sites excluding steroid dienone is 8. The van der Waals surface area contributed by atoms with Crippen LogP contribution < -0.4 is 0 Å². The van der Waals surface area contributed by atoms with Crippen molar-refractivity contribution in [2.75, 3.05) is 0 Å². The zero-order chi connectivity index (χ0) is 22.9. The Balaban J connectivity index is 1.45. The second-order valence-corrected chi connectivity index (χ2v) is 17.8. The van der Waals surface area contributed by atoms with Gasteiger partial charge in [0.2, 0.25) is 0 Å². The third-order valence-corrected chi connectivity index (χ3v) is 15.1. The number of hydrogen-bond acceptors (Lipinski definition) is 0. The predicted octanol–water partition coefficient (Wildman–Crippen LogP) is 10.7. The predicted molar refractivity (Wildman–Crippen MR) is 150 cm³/mol. The van der Waals surface area contributed by atoms with E-state index in [0.717, 1.165) is 22.9 Å². The van der Waals surface area contributed by atoms with Gasteiger partial charge in [-0.05, 0) is 87.1 Å². The summed E-state index contributed by atoms with van der Waals surface area (Å²) < 4.78 is 0. The fourth-order valence-corrected chi connectivity index (χ4v) is 11.5. The third-order valence-electron chi connectivity index (χ3n) is 9.99. The van der Waals surface area contributed by atoms with Crippen LogP contribution in [-0.4, -0.2) is 8.07 Å². The van der Waals surface area contributed by atoms with E-state index >= 15 is 0 Å². The Hall–Kier alpha value is -0.823. The Morgan fingerprint density at radius 1 is 0.576 bits per heavy atom. The molecule has 33 heavy (non-hydrogen) atoms. The molecule has 184 valence electrons. The molecule has 0 aromatic rings. The van der Waals surface area contributed by atoms with Crippen LogP contribution >= 0.6 is 0 Å². The number of hydrogen-bond donors (Lipinski definition) is 0. The molecule has 0 spiro atoms. The summed E-state index contributed by atoms with van der Waals surface area (Å²) >= 11 is 0. The first-order chi connectivity index (χ1) is 16.1. The van der Waals surface area contributed by atoms with Gasteiger partial charge in [-0.25, -0.2) is 0 Å². The van der Waals surface area contributed by atoms with Crippen molar-refractivity contribution < 1.29 is 0 Å². The molecule has 4 unspecified atom stereocenters. The van der Waals surface area contributed by atoms with Crippen LogP contribution in [-0.2, 0) is 0 Å².